The molecule has 0 radical (unpaired) electrons. The Hall–Kier alpha value is -0.630. The molecule has 0 aromatic heterocycles. The SMILES string of the molecule is CCCCCC(Br)C(=O)c1ccccc1. The summed E-state index contributed by atoms with van der Waals surface area (Å²) in [5, 5.41) is 0. The van der Waals surface area contributed by atoms with Gasteiger partial charge in [-0.25, -0.2) is 0 Å². The summed E-state index contributed by atoms with van der Waals surface area (Å²) in [6.07, 6.45) is 4.44. The molecule has 2 heteroatoms. The van der Waals surface area contributed by atoms with Crippen LogP contribution in [0.2, 0.25) is 0 Å². The summed E-state index contributed by atoms with van der Waals surface area (Å²) in [5.41, 5.74) is 0.802. The van der Waals surface area contributed by atoms with Crippen molar-refractivity contribution in [2.45, 2.75) is 37.4 Å². The summed E-state index contributed by atoms with van der Waals surface area (Å²) in [7, 11) is 0. The molecule has 1 nitrogen and oxygen atoms in total. The molecule has 1 atom stereocenters. The van der Waals surface area contributed by atoms with Gasteiger partial charge in [-0.15, -0.1) is 0 Å². The van der Waals surface area contributed by atoms with Crippen LogP contribution in [0.5, 0.6) is 0 Å². The number of carbonyl (C=O) groups excluding carboxylic acids is 1. The molecule has 0 heterocycles. The highest BCUT2D eigenvalue weighted by molar-refractivity contribution is 9.10. The van der Waals surface area contributed by atoms with E-state index < -0.39 is 0 Å². The van der Waals surface area contributed by atoms with E-state index in [0.29, 0.717) is 0 Å². The first-order valence-corrected chi connectivity index (χ1v) is 6.40. The summed E-state index contributed by atoms with van der Waals surface area (Å²) >= 11 is 3.46. The molecular formula is C13H17BrO. The Morgan fingerprint density at radius 3 is 2.53 bits per heavy atom. The first-order chi connectivity index (χ1) is 7.25. The lowest BCUT2D eigenvalue weighted by Crippen LogP contribution is -2.13. The Balaban J connectivity index is 2.46. The number of hydrogen-bond donors (Lipinski definition) is 0. The highest BCUT2D eigenvalue weighted by Crippen LogP contribution is 2.16. The molecule has 0 aliphatic rings. The van der Waals surface area contributed by atoms with Gasteiger partial charge in [0.15, 0.2) is 5.78 Å². The maximum atomic E-state index is 11.9. The maximum Gasteiger partial charge on any atom is 0.176 e. The second-order valence-electron chi connectivity index (χ2n) is 3.69. The topological polar surface area (TPSA) is 17.1 Å². The smallest absolute Gasteiger partial charge is 0.176 e. The van der Waals surface area contributed by atoms with Crippen molar-refractivity contribution in [3.05, 3.63) is 35.9 Å². The second kappa shape index (κ2) is 6.78. The van der Waals surface area contributed by atoms with Gasteiger partial charge in [-0.2, -0.15) is 0 Å². The van der Waals surface area contributed by atoms with Gasteiger partial charge in [0.25, 0.3) is 0 Å². The third kappa shape index (κ3) is 4.17. The van der Waals surface area contributed by atoms with E-state index >= 15 is 0 Å². The van der Waals surface area contributed by atoms with Gasteiger partial charge in [0, 0.05) is 5.56 Å². The lowest BCUT2D eigenvalue weighted by Gasteiger charge is -2.08. The van der Waals surface area contributed by atoms with E-state index in [-0.39, 0.29) is 10.6 Å². The molecule has 0 amide bonds. The van der Waals surface area contributed by atoms with Gasteiger partial charge in [0.1, 0.15) is 0 Å². The van der Waals surface area contributed by atoms with Crippen molar-refractivity contribution < 1.29 is 4.79 Å². The number of benzene rings is 1. The van der Waals surface area contributed by atoms with Crippen LogP contribution in [0.25, 0.3) is 0 Å². The molecule has 1 unspecified atom stereocenters. The molecule has 82 valence electrons. The van der Waals surface area contributed by atoms with E-state index in [2.05, 4.69) is 22.9 Å². The van der Waals surface area contributed by atoms with E-state index in [9.17, 15) is 4.79 Å². The minimum absolute atomic E-state index is 0.0218. The minimum atomic E-state index is -0.0218. The fourth-order valence-electron chi connectivity index (χ4n) is 1.49. The Bertz CT molecular complexity index is 295. The van der Waals surface area contributed by atoms with Crippen molar-refractivity contribution >= 4 is 21.7 Å². The van der Waals surface area contributed by atoms with Crippen molar-refractivity contribution in [2.75, 3.05) is 0 Å². The molecule has 1 aromatic rings. The van der Waals surface area contributed by atoms with Gasteiger partial charge in [0.05, 0.1) is 4.83 Å². The summed E-state index contributed by atoms with van der Waals surface area (Å²) in [6.45, 7) is 2.17. The van der Waals surface area contributed by atoms with Crippen molar-refractivity contribution in [1.29, 1.82) is 0 Å². The van der Waals surface area contributed by atoms with Crippen molar-refractivity contribution in [2.24, 2.45) is 0 Å². The largest absolute Gasteiger partial charge is 0.293 e. The lowest BCUT2D eigenvalue weighted by atomic mass is 10.0. The van der Waals surface area contributed by atoms with Crippen LogP contribution in [-0.4, -0.2) is 10.6 Å². The van der Waals surface area contributed by atoms with Crippen LogP contribution < -0.4 is 0 Å². The van der Waals surface area contributed by atoms with E-state index in [1.165, 1.54) is 12.8 Å². The van der Waals surface area contributed by atoms with E-state index in [1.54, 1.807) is 0 Å². The first-order valence-electron chi connectivity index (χ1n) is 5.49. The number of hydrogen-bond acceptors (Lipinski definition) is 1. The average molecular weight is 269 g/mol. The van der Waals surface area contributed by atoms with Gasteiger partial charge < -0.3 is 0 Å². The van der Waals surface area contributed by atoms with Crippen molar-refractivity contribution in [3.63, 3.8) is 0 Å². The van der Waals surface area contributed by atoms with Gasteiger partial charge in [-0.1, -0.05) is 72.4 Å². The second-order valence-corrected chi connectivity index (χ2v) is 4.80. The highest BCUT2D eigenvalue weighted by atomic mass is 79.9. The number of unbranched alkanes of at least 4 members (excludes halogenated alkanes) is 2. The molecule has 0 spiro atoms. The highest BCUT2D eigenvalue weighted by Gasteiger charge is 2.15. The molecule has 0 aliphatic carbocycles. The van der Waals surface area contributed by atoms with Crippen LogP contribution in [0.4, 0.5) is 0 Å². The third-order valence-corrected chi connectivity index (χ3v) is 3.28. The number of ketones is 1. The Labute approximate surface area is 100 Å². The monoisotopic (exact) mass is 268 g/mol. The van der Waals surface area contributed by atoms with Crippen LogP contribution in [-0.2, 0) is 0 Å². The maximum absolute atomic E-state index is 11.9. The number of carbonyl (C=O) groups is 1. The van der Waals surface area contributed by atoms with Crippen LogP contribution in [0, 0.1) is 0 Å². The standard InChI is InChI=1S/C13H17BrO/c1-2-3-5-10-12(14)13(15)11-8-6-4-7-9-11/h4,6-9,12H,2-3,5,10H2,1H3. The normalized spacial score (nSPS) is 12.4. The van der Waals surface area contributed by atoms with Crippen LogP contribution in [0.3, 0.4) is 0 Å². The quantitative estimate of drug-likeness (QED) is 0.429. The molecule has 0 saturated carbocycles. The summed E-state index contributed by atoms with van der Waals surface area (Å²) in [6, 6.07) is 9.47. The van der Waals surface area contributed by atoms with Crippen LogP contribution in [0.1, 0.15) is 43.0 Å². The average Bonchev–Trinajstić information content (AvgIpc) is 2.29. The zero-order valence-corrected chi connectivity index (χ0v) is 10.7. The van der Waals surface area contributed by atoms with Gasteiger partial charge in [-0.3, -0.25) is 4.79 Å². The van der Waals surface area contributed by atoms with Crippen molar-refractivity contribution in [3.8, 4) is 0 Å². The third-order valence-electron chi connectivity index (χ3n) is 2.40. The summed E-state index contributed by atoms with van der Waals surface area (Å²) in [5.74, 6) is 0.201. The van der Waals surface area contributed by atoms with Crippen LogP contribution in [0.15, 0.2) is 30.3 Å². The predicted octanol–water partition coefficient (Wildman–Crippen LogP) is 4.21. The number of Topliss-reactive ketones (excluding diaryl/α,β-unsaturated/α-hetero) is 1. The molecule has 0 N–H and O–H groups in total. The molecule has 1 aromatic carbocycles. The molecule has 0 bridgehead atoms. The molecule has 15 heavy (non-hydrogen) atoms. The fourth-order valence-corrected chi connectivity index (χ4v) is 2.08. The van der Waals surface area contributed by atoms with E-state index in [0.717, 1.165) is 18.4 Å². The zero-order valence-electron chi connectivity index (χ0n) is 9.08. The Morgan fingerprint density at radius 2 is 1.93 bits per heavy atom. The number of rotatable bonds is 6. The van der Waals surface area contributed by atoms with E-state index in [1.807, 2.05) is 30.3 Å². The molecular weight excluding hydrogens is 252 g/mol. The van der Waals surface area contributed by atoms with E-state index in [4.69, 9.17) is 0 Å². The van der Waals surface area contributed by atoms with Crippen molar-refractivity contribution in [1.82, 2.24) is 0 Å². The summed E-state index contributed by atoms with van der Waals surface area (Å²) < 4.78 is 0. The molecule has 0 aliphatic heterocycles. The van der Waals surface area contributed by atoms with Gasteiger partial charge in [-0.05, 0) is 6.42 Å². The lowest BCUT2D eigenvalue weighted by molar-refractivity contribution is 0.0988. The predicted molar refractivity (Wildman–Crippen MR) is 67.6 cm³/mol. The fraction of sp³-hybridized carbons (Fsp3) is 0.462. The molecule has 0 saturated heterocycles. The molecule has 0 fully saturated rings. The molecule has 1 rings (SSSR count). The van der Waals surface area contributed by atoms with Gasteiger partial charge in [0.2, 0.25) is 0 Å². The number of halogens is 1. The van der Waals surface area contributed by atoms with Crippen LogP contribution >= 0.6 is 15.9 Å². The van der Waals surface area contributed by atoms with Gasteiger partial charge >= 0.3 is 0 Å². The number of alkyl halides is 1. The Morgan fingerprint density at radius 1 is 1.27 bits per heavy atom. The minimum Gasteiger partial charge on any atom is -0.293 e. The summed E-state index contributed by atoms with van der Waals surface area (Å²) in [4.78, 5) is 11.9. The first kappa shape index (κ1) is 12.4. The Kier molecular flexibility index (Phi) is 5.62. The zero-order chi connectivity index (χ0) is 11.1.